The number of hydrogen-bond donors (Lipinski definition) is 1. The summed E-state index contributed by atoms with van der Waals surface area (Å²) >= 11 is 0. The molecule has 1 heterocycles. The minimum absolute atomic E-state index is 0.192. The summed E-state index contributed by atoms with van der Waals surface area (Å²) in [4.78, 5) is 14.5. The number of benzene rings is 1. The molecule has 1 N–H and O–H groups in total. The summed E-state index contributed by atoms with van der Waals surface area (Å²) < 4.78 is 5.37. The van der Waals surface area contributed by atoms with Gasteiger partial charge in [0, 0.05) is 25.2 Å². The molecule has 0 atom stereocenters. The average Bonchev–Trinajstić information content (AvgIpc) is 2.68. The second-order valence-electron chi connectivity index (χ2n) is 9.25. The fourth-order valence-corrected chi connectivity index (χ4v) is 4.57. The van der Waals surface area contributed by atoms with Crippen molar-refractivity contribution < 1.29 is 9.53 Å². The molecule has 1 saturated carbocycles. The van der Waals surface area contributed by atoms with E-state index in [1.165, 1.54) is 0 Å². The predicted molar refractivity (Wildman–Crippen MR) is 110 cm³/mol. The van der Waals surface area contributed by atoms with Crippen LogP contribution in [-0.4, -0.2) is 41.8 Å². The number of amides is 1. The zero-order valence-corrected chi connectivity index (χ0v) is 17.4. The Kier molecular flexibility index (Phi) is 6.30. The minimum atomic E-state index is -0.459. The molecule has 1 aromatic rings. The number of nitriles is 1. The van der Waals surface area contributed by atoms with Crippen LogP contribution in [0.5, 0.6) is 0 Å². The van der Waals surface area contributed by atoms with Gasteiger partial charge in [0.1, 0.15) is 5.60 Å². The second-order valence-corrected chi connectivity index (χ2v) is 9.25. The Morgan fingerprint density at radius 3 is 2.29 bits per heavy atom. The Bertz CT molecular complexity index is 689. The molecule has 2 fully saturated rings. The zero-order valence-electron chi connectivity index (χ0n) is 17.4. The molecular weight excluding hydrogens is 350 g/mol. The number of nitrogens with zero attached hydrogens (tertiary/aromatic N) is 2. The fraction of sp³-hybridized carbons (Fsp3) is 0.652. The van der Waals surface area contributed by atoms with Crippen LogP contribution in [-0.2, 0) is 10.2 Å². The number of piperidine rings is 1. The van der Waals surface area contributed by atoms with Crippen molar-refractivity contribution in [1.82, 2.24) is 10.2 Å². The first-order valence-corrected chi connectivity index (χ1v) is 10.5. The highest BCUT2D eigenvalue weighted by molar-refractivity contribution is 5.68. The lowest BCUT2D eigenvalue weighted by atomic mass is 9.69. The highest BCUT2D eigenvalue weighted by atomic mass is 16.6. The number of rotatable bonds is 3. The normalized spacial score (nSPS) is 27.0. The van der Waals surface area contributed by atoms with Crippen molar-refractivity contribution in [1.29, 1.82) is 5.26 Å². The molecule has 0 bridgehead atoms. The smallest absolute Gasteiger partial charge is 0.407 e. The first kappa shape index (κ1) is 20.7. The van der Waals surface area contributed by atoms with Gasteiger partial charge in [-0.2, -0.15) is 5.26 Å². The van der Waals surface area contributed by atoms with Gasteiger partial charge in [-0.05, 0) is 64.9 Å². The van der Waals surface area contributed by atoms with Gasteiger partial charge in [0.05, 0.1) is 11.5 Å². The summed E-state index contributed by atoms with van der Waals surface area (Å²) in [6, 6.07) is 13.6. The molecule has 1 aliphatic carbocycles. The molecule has 152 valence electrons. The third-order valence-electron chi connectivity index (χ3n) is 6.12. The van der Waals surface area contributed by atoms with Crippen LogP contribution >= 0.6 is 0 Å². The van der Waals surface area contributed by atoms with Gasteiger partial charge in [0.2, 0.25) is 0 Å². The van der Waals surface area contributed by atoms with Gasteiger partial charge in [0.15, 0.2) is 0 Å². The molecule has 0 unspecified atom stereocenters. The molecule has 0 aromatic heterocycles. The van der Waals surface area contributed by atoms with Crippen LogP contribution in [0.25, 0.3) is 0 Å². The zero-order chi connectivity index (χ0) is 20.2. The van der Waals surface area contributed by atoms with E-state index in [1.54, 1.807) is 0 Å². The van der Waals surface area contributed by atoms with E-state index < -0.39 is 5.60 Å². The van der Waals surface area contributed by atoms with E-state index in [0.29, 0.717) is 6.04 Å². The number of hydrogen-bond acceptors (Lipinski definition) is 4. The lowest BCUT2D eigenvalue weighted by molar-refractivity contribution is 0.0454. The van der Waals surface area contributed by atoms with Crippen molar-refractivity contribution in [2.24, 2.45) is 0 Å². The summed E-state index contributed by atoms with van der Waals surface area (Å²) in [6.07, 6.45) is 5.57. The van der Waals surface area contributed by atoms with Crippen molar-refractivity contribution in [2.75, 3.05) is 13.1 Å². The Labute approximate surface area is 169 Å². The van der Waals surface area contributed by atoms with Gasteiger partial charge < -0.3 is 15.0 Å². The van der Waals surface area contributed by atoms with Crippen LogP contribution in [0.3, 0.4) is 0 Å². The lowest BCUT2D eigenvalue weighted by Crippen LogP contribution is -2.50. The standard InChI is InChI=1S/C23H33N3O2/c1-22(2,3)28-21(27)25-19-11-15-26(16-12-19)20-9-13-23(17-24,14-10-20)18-7-5-4-6-8-18/h4-8,19-20H,9-16H2,1-3H3,(H,25,27). The number of nitrogens with one attached hydrogen (secondary N) is 1. The van der Waals surface area contributed by atoms with Crippen LogP contribution < -0.4 is 5.32 Å². The monoisotopic (exact) mass is 383 g/mol. The van der Waals surface area contributed by atoms with Crippen molar-refractivity contribution in [3.05, 3.63) is 35.9 Å². The van der Waals surface area contributed by atoms with Gasteiger partial charge >= 0.3 is 6.09 Å². The first-order valence-electron chi connectivity index (χ1n) is 10.5. The molecular formula is C23H33N3O2. The number of ether oxygens (including phenoxy) is 1. The molecule has 3 rings (SSSR count). The second kappa shape index (κ2) is 8.53. The first-order chi connectivity index (χ1) is 13.3. The Morgan fingerprint density at radius 2 is 1.75 bits per heavy atom. The highest BCUT2D eigenvalue weighted by Gasteiger charge is 2.39. The van der Waals surface area contributed by atoms with Crippen LogP contribution in [0.4, 0.5) is 4.79 Å². The van der Waals surface area contributed by atoms with E-state index in [-0.39, 0.29) is 17.6 Å². The Balaban J connectivity index is 1.48. The van der Waals surface area contributed by atoms with E-state index in [2.05, 4.69) is 28.4 Å². The van der Waals surface area contributed by atoms with Crippen molar-refractivity contribution in [2.45, 2.75) is 82.4 Å². The average molecular weight is 384 g/mol. The van der Waals surface area contributed by atoms with E-state index >= 15 is 0 Å². The minimum Gasteiger partial charge on any atom is -0.444 e. The van der Waals surface area contributed by atoms with Crippen molar-refractivity contribution in [3.8, 4) is 6.07 Å². The fourth-order valence-electron chi connectivity index (χ4n) is 4.57. The predicted octanol–water partition coefficient (Wildman–Crippen LogP) is 4.38. The molecule has 0 spiro atoms. The lowest BCUT2D eigenvalue weighted by Gasteiger charge is -2.43. The van der Waals surface area contributed by atoms with Crippen molar-refractivity contribution in [3.63, 3.8) is 0 Å². The van der Waals surface area contributed by atoms with Gasteiger partial charge in [-0.3, -0.25) is 0 Å². The maximum Gasteiger partial charge on any atom is 0.407 e. The van der Waals surface area contributed by atoms with E-state index in [9.17, 15) is 10.1 Å². The Morgan fingerprint density at radius 1 is 1.14 bits per heavy atom. The van der Waals surface area contributed by atoms with Gasteiger partial charge in [-0.25, -0.2) is 4.79 Å². The molecule has 1 saturated heterocycles. The van der Waals surface area contributed by atoms with Gasteiger partial charge in [-0.1, -0.05) is 30.3 Å². The quantitative estimate of drug-likeness (QED) is 0.841. The molecule has 5 heteroatoms. The molecule has 1 aliphatic heterocycles. The molecule has 5 nitrogen and oxygen atoms in total. The topological polar surface area (TPSA) is 65.4 Å². The molecule has 0 radical (unpaired) electrons. The molecule has 28 heavy (non-hydrogen) atoms. The third kappa shape index (κ3) is 5.05. The molecule has 2 aliphatic rings. The number of likely N-dealkylation sites (tertiary alicyclic amines) is 1. The summed E-state index contributed by atoms with van der Waals surface area (Å²) in [5.41, 5.74) is 0.379. The largest absolute Gasteiger partial charge is 0.444 e. The van der Waals surface area contributed by atoms with E-state index in [1.807, 2.05) is 39.0 Å². The maximum atomic E-state index is 12.0. The van der Waals surface area contributed by atoms with Gasteiger partial charge in [-0.15, -0.1) is 0 Å². The SMILES string of the molecule is CC(C)(C)OC(=O)NC1CCN(C2CCC(C#N)(c3ccccc3)CC2)CC1. The van der Waals surface area contributed by atoms with E-state index in [4.69, 9.17) is 4.74 Å². The number of carbonyl (C=O) groups is 1. The van der Waals surface area contributed by atoms with Gasteiger partial charge in [0.25, 0.3) is 0 Å². The van der Waals surface area contributed by atoms with Crippen molar-refractivity contribution >= 4 is 6.09 Å². The third-order valence-corrected chi connectivity index (χ3v) is 6.12. The molecule has 1 amide bonds. The number of carbonyl (C=O) groups excluding carboxylic acids is 1. The van der Waals surface area contributed by atoms with Crippen LogP contribution in [0, 0.1) is 11.3 Å². The van der Waals surface area contributed by atoms with Crippen LogP contribution in [0.15, 0.2) is 30.3 Å². The summed E-state index contributed by atoms with van der Waals surface area (Å²) in [5, 5.41) is 12.9. The summed E-state index contributed by atoms with van der Waals surface area (Å²) in [5.74, 6) is 0. The molecule has 1 aromatic carbocycles. The highest BCUT2D eigenvalue weighted by Crippen LogP contribution is 2.40. The van der Waals surface area contributed by atoms with E-state index in [0.717, 1.165) is 57.2 Å². The Hall–Kier alpha value is -2.06. The van der Waals surface area contributed by atoms with Crippen LogP contribution in [0.2, 0.25) is 0 Å². The summed E-state index contributed by atoms with van der Waals surface area (Å²) in [6.45, 7) is 7.64. The van der Waals surface area contributed by atoms with Crippen LogP contribution in [0.1, 0.15) is 64.9 Å². The maximum absolute atomic E-state index is 12.0. The summed E-state index contributed by atoms with van der Waals surface area (Å²) in [7, 11) is 0. The number of alkyl carbamates (subject to hydrolysis) is 1.